The predicted octanol–water partition coefficient (Wildman–Crippen LogP) is 1.74. The van der Waals surface area contributed by atoms with Crippen LogP contribution in [-0.4, -0.2) is 7.11 Å². The Morgan fingerprint density at radius 3 is 2.30 bits per heavy atom. The maximum absolute atomic E-state index is 5.51. The molecule has 0 amide bonds. The van der Waals surface area contributed by atoms with Crippen molar-refractivity contribution in [1.82, 2.24) is 0 Å². The summed E-state index contributed by atoms with van der Waals surface area (Å²) in [5, 5.41) is 0.278. The van der Waals surface area contributed by atoms with E-state index < -0.39 is 0 Å². The van der Waals surface area contributed by atoms with Crippen molar-refractivity contribution in [2.45, 2.75) is 0 Å². The summed E-state index contributed by atoms with van der Waals surface area (Å²) in [4.78, 5) is 0. The molecule has 0 aromatic carbocycles. The first kappa shape index (κ1) is 9.11. The minimum absolute atomic E-state index is 0.278. The number of rotatable bonds is 3. The molecule has 0 aromatic heterocycles. The van der Waals surface area contributed by atoms with Crippen molar-refractivity contribution in [2.75, 3.05) is 7.11 Å². The molecule has 0 aliphatic carbocycles. The van der Waals surface area contributed by atoms with Crippen LogP contribution in [0, 0.1) is 0 Å². The molecule has 0 fully saturated rings. The summed E-state index contributed by atoms with van der Waals surface area (Å²) in [6.07, 6.45) is 1.45. The first-order valence-corrected chi connectivity index (χ1v) is 3.02. The molecule has 10 heavy (non-hydrogen) atoms. The fourth-order valence-electron chi connectivity index (χ4n) is 0.478. The molecule has 0 spiro atoms. The Labute approximate surface area is 65.6 Å². The molecule has 0 saturated carbocycles. The molecule has 0 radical (unpaired) electrons. The number of hydrogen-bond donors (Lipinski definition) is 1. The van der Waals surface area contributed by atoms with Gasteiger partial charge in [0.25, 0.3) is 0 Å². The zero-order chi connectivity index (χ0) is 8.15. The monoisotopic (exact) mass is 159 g/mol. The number of hydrogen-bond acceptors (Lipinski definition) is 2. The first-order valence-electron chi connectivity index (χ1n) is 2.64. The van der Waals surface area contributed by atoms with E-state index in [2.05, 4.69) is 13.2 Å². The molecule has 0 aromatic rings. The zero-order valence-electron chi connectivity index (χ0n) is 5.86. The van der Waals surface area contributed by atoms with Crippen LogP contribution in [0.5, 0.6) is 0 Å². The molecule has 0 aliphatic rings. The summed E-state index contributed by atoms with van der Waals surface area (Å²) in [6.45, 7) is 6.90. The van der Waals surface area contributed by atoms with Gasteiger partial charge in [-0.05, 0) is 6.08 Å². The van der Waals surface area contributed by atoms with E-state index in [1.54, 1.807) is 0 Å². The molecule has 56 valence electrons. The van der Waals surface area contributed by atoms with Gasteiger partial charge in [-0.1, -0.05) is 24.8 Å². The van der Waals surface area contributed by atoms with Crippen LogP contribution in [0.2, 0.25) is 0 Å². The van der Waals surface area contributed by atoms with Gasteiger partial charge < -0.3 is 10.5 Å². The standard InChI is InChI=1S/C7H10ClNO/c1-4-6(9)7(10-3)5(2)8/h4H,1-2,9H2,3H3/b7-6-. The van der Waals surface area contributed by atoms with Crippen LogP contribution in [0.25, 0.3) is 0 Å². The Hall–Kier alpha value is -0.890. The lowest BCUT2D eigenvalue weighted by Gasteiger charge is -2.04. The van der Waals surface area contributed by atoms with E-state index in [0.29, 0.717) is 11.5 Å². The average molecular weight is 160 g/mol. The molecular weight excluding hydrogens is 150 g/mol. The van der Waals surface area contributed by atoms with Gasteiger partial charge in [-0.25, -0.2) is 0 Å². The van der Waals surface area contributed by atoms with Gasteiger partial charge >= 0.3 is 0 Å². The van der Waals surface area contributed by atoms with Gasteiger partial charge in [-0.3, -0.25) is 0 Å². The summed E-state index contributed by atoms with van der Waals surface area (Å²) in [6, 6.07) is 0. The molecule has 0 bridgehead atoms. The first-order chi connectivity index (χ1) is 4.63. The van der Waals surface area contributed by atoms with E-state index >= 15 is 0 Å². The molecule has 0 rings (SSSR count). The molecule has 0 saturated heterocycles. The lowest BCUT2D eigenvalue weighted by Crippen LogP contribution is -2.00. The minimum atomic E-state index is 0.278. The Bertz CT molecular complexity index is 184. The van der Waals surface area contributed by atoms with Crippen molar-refractivity contribution < 1.29 is 4.74 Å². The van der Waals surface area contributed by atoms with Crippen LogP contribution in [0.15, 0.2) is 35.7 Å². The summed E-state index contributed by atoms with van der Waals surface area (Å²) in [5.41, 5.74) is 5.81. The molecule has 2 N–H and O–H groups in total. The van der Waals surface area contributed by atoms with Gasteiger partial charge in [0, 0.05) is 0 Å². The molecule has 2 nitrogen and oxygen atoms in total. The highest BCUT2D eigenvalue weighted by Crippen LogP contribution is 2.14. The Morgan fingerprint density at radius 2 is 2.20 bits per heavy atom. The predicted molar refractivity (Wildman–Crippen MR) is 43.4 cm³/mol. The Balaban J connectivity index is 4.62. The largest absolute Gasteiger partial charge is 0.493 e. The van der Waals surface area contributed by atoms with Crippen LogP contribution in [0.4, 0.5) is 0 Å². The highest BCUT2D eigenvalue weighted by Gasteiger charge is 2.01. The van der Waals surface area contributed by atoms with Crippen LogP contribution in [0.3, 0.4) is 0 Å². The van der Waals surface area contributed by atoms with Crippen molar-refractivity contribution >= 4 is 11.6 Å². The van der Waals surface area contributed by atoms with Crippen molar-refractivity contribution in [1.29, 1.82) is 0 Å². The van der Waals surface area contributed by atoms with E-state index in [9.17, 15) is 0 Å². The van der Waals surface area contributed by atoms with E-state index in [0.717, 1.165) is 0 Å². The molecular formula is C7H10ClNO. The van der Waals surface area contributed by atoms with Crippen molar-refractivity contribution in [3.05, 3.63) is 35.7 Å². The quantitative estimate of drug-likeness (QED) is 0.503. The Kier molecular flexibility index (Phi) is 3.65. The van der Waals surface area contributed by atoms with E-state index in [4.69, 9.17) is 22.1 Å². The lowest BCUT2D eigenvalue weighted by atomic mass is 10.3. The molecule has 0 aliphatic heterocycles. The van der Waals surface area contributed by atoms with Crippen molar-refractivity contribution in [3.63, 3.8) is 0 Å². The van der Waals surface area contributed by atoms with Gasteiger partial charge in [-0.15, -0.1) is 0 Å². The third-order valence-electron chi connectivity index (χ3n) is 0.933. The number of nitrogens with two attached hydrogens (primary N) is 1. The van der Waals surface area contributed by atoms with Gasteiger partial charge in [0.15, 0.2) is 5.76 Å². The average Bonchev–Trinajstić information content (AvgIpc) is 1.88. The maximum Gasteiger partial charge on any atom is 0.159 e. The van der Waals surface area contributed by atoms with Crippen LogP contribution in [0.1, 0.15) is 0 Å². The van der Waals surface area contributed by atoms with Crippen LogP contribution >= 0.6 is 11.6 Å². The van der Waals surface area contributed by atoms with Crippen molar-refractivity contribution in [2.24, 2.45) is 5.73 Å². The zero-order valence-corrected chi connectivity index (χ0v) is 6.61. The second-order valence-electron chi connectivity index (χ2n) is 1.60. The SMILES string of the molecule is C=C/C(N)=C(/OC)C(=C)Cl. The molecule has 3 heteroatoms. The molecule has 0 atom stereocenters. The smallest absolute Gasteiger partial charge is 0.159 e. The number of allylic oxidation sites excluding steroid dienone is 2. The fraction of sp³-hybridized carbons (Fsp3) is 0.143. The third-order valence-corrected chi connectivity index (χ3v) is 1.10. The summed E-state index contributed by atoms with van der Waals surface area (Å²) < 4.78 is 4.82. The van der Waals surface area contributed by atoms with Crippen LogP contribution < -0.4 is 5.73 Å². The summed E-state index contributed by atoms with van der Waals surface area (Å²) >= 11 is 5.51. The van der Waals surface area contributed by atoms with Gasteiger partial charge in [0.05, 0.1) is 17.8 Å². The maximum atomic E-state index is 5.51. The Morgan fingerprint density at radius 1 is 1.70 bits per heavy atom. The minimum Gasteiger partial charge on any atom is -0.493 e. The normalized spacial score (nSPS) is 11.8. The van der Waals surface area contributed by atoms with Gasteiger partial charge in [0.2, 0.25) is 0 Å². The van der Waals surface area contributed by atoms with E-state index in [1.165, 1.54) is 13.2 Å². The number of halogens is 1. The highest BCUT2D eigenvalue weighted by atomic mass is 35.5. The van der Waals surface area contributed by atoms with Gasteiger partial charge in [-0.2, -0.15) is 0 Å². The van der Waals surface area contributed by atoms with E-state index in [-0.39, 0.29) is 5.03 Å². The third kappa shape index (κ3) is 2.15. The van der Waals surface area contributed by atoms with E-state index in [1.807, 2.05) is 0 Å². The lowest BCUT2D eigenvalue weighted by molar-refractivity contribution is 0.301. The van der Waals surface area contributed by atoms with Crippen molar-refractivity contribution in [3.8, 4) is 0 Å². The van der Waals surface area contributed by atoms with Gasteiger partial charge in [0.1, 0.15) is 0 Å². The number of ether oxygens (including phenoxy) is 1. The van der Waals surface area contributed by atoms with Crippen LogP contribution in [-0.2, 0) is 4.74 Å². The molecule has 0 heterocycles. The second-order valence-corrected chi connectivity index (χ2v) is 2.05. The second kappa shape index (κ2) is 4.01. The molecule has 0 unspecified atom stereocenters. The summed E-state index contributed by atoms with van der Waals surface area (Å²) in [5.74, 6) is 0.372. The summed E-state index contributed by atoms with van der Waals surface area (Å²) in [7, 11) is 1.47. The fourth-order valence-corrected chi connectivity index (χ4v) is 0.664. The highest BCUT2D eigenvalue weighted by molar-refractivity contribution is 6.31. The topological polar surface area (TPSA) is 35.2 Å². The number of methoxy groups -OCH3 is 1.